The van der Waals surface area contributed by atoms with Crippen LogP contribution in [0, 0.1) is 0 Å². The Kier molecular flexibility index (Phi) is 5.79. The lowest BCUT2D eigenvalue weighted by atomic mass is 10.1. The molecule has 1 aliphatic rings. The number of aromatic nitrogens is 2. The van der Waals surface area contributed by atoms with E-state index in [1.165, 1.54) is 0 Å². The molecule has 0 aliphatic carbocycles. The molecule has 2 rings (SSSR count). The molecule has 5 nitrogen and oxygen atoms in total. The van der Waals surface area contributed by atoms with E-state index in [0.29, 0.717) is 24.6 Å². The Morgan fingerprint density at radius 2 is 2.14 bits per heavy atom. The number of aryl methyl sites for hydroxylation is 2. The number of Topliss-reactive ketones (excluding diaryl/α,β-unsaturated/α-hetero) is 1. The minimum Gasteiger partial charge on any atom is -0.368 e. The second kappa shape index (κ2) is 7.38. The molecule has 0 radical (unpaired) electrons. The first-order valence-electron chi connectivity index (χ1n) is 7.71. The van der Waals surface area contributed by atoms with Gasteiger partial charge in [0.05, 0.1) is 29.4 Å². The maximum atomic E-state index is 12.5. The van der Waals surface area contributed by atoms with Crippen molar-refractivity contribution in [3.8, 4) is 0 Å². The summed E-state index contributed by atoms with van der Waals surface area (Å²) in [6.07, 6.45) is 0.721. The zero-order valence-corrected chi connectivity index (χ0v) is 13.8. The number of ketones is 1. The number of hydrogen-bond acceptors (Lipinski definition) is 4. The Labute approximate surface area is 131 Å². The van der Waals surface area contributed by atoms with E-state index in [1.807, 2.05) is 18.5 Å². The molecule has 0 amide bonds. The van der Waals surface area contributed by atoms with Crippen LogP contribution in [-0.4, -0.2) is 52.8 Å². The number of morpholine rings is 1. The van der Waals surface area contributed by atoms with Crippen LogP contribution in [0.2, 0.25) is 5.02 Å². The molecule has 2 heterocycles. The summed E-state index contributed by atoms with van der Waals surface area (Å²) in [5.41, 5.74) is 1.68. The van der Waals surface area contributed by atoms with Crippen LogP contribution >= 0.6 is 11.6 Å². The van der Waals surface area contributed by atoms with E-state index in [0.717, 1.165) is 37.4 Å². The Morgan fingerprint density at radius 3 is 2.76 bits per heavy atom. The van der Waals surface area contributed by atoms with Crippen LogP contribution < -0.4 is 0 Å². The lowest BCUT2D eigenvalue weighted by molar-refractivity contribution is -0.135. The molecular formula is C15H24ClN3O2. The summed E-state index contributed by atoms with van der Waals surface area (Å²) >= 11 is 6.36. The molecule has 0 saturated carbocycles. The molecule has 118 valence electrons. The van der Waals surface area contributed by atoms with Crippen LogP contribution in [0.15, 0.2) is 0 Å². The zero-order valence-electron chi connectivity index (χ0n) is 13.1. The predicted molar refractivity (Wildman–Crippen MR) is 82.9 cm³/mol. The van der Waals surface area contributed by atoms with E-state index < -0.39 is 0 Å². The minimum absolute atomic E-state index is 0.0901. The highest BCUT2D eigenvalue weighted by molar-refractivity contribution is 6.32. The third-order valence-electron chi connectivity index (χ3n) is 3.99. The van der Waals surface area contributed by atoms with Crippen LogP contribution in [0.5, 0.6) is 0 Å². The number of ether oxygens (including phenoxy) is 1. The van der Waals surface area contributed by atoms with Crippen LogP contribution in [0.3, 0.4) is 0 Å². The van der Waals surface area contributed by atoms with Gasteiger partial charge in [-0.25, -0.2) is 0 Å². The number of carbonyl (C=O) groups excluding carboxylic acids is 1. The first-order chi connectivity index (χ1) is 10.1. The number of halogens is 1. The molecule has 1 aromatic heterocycles. The molecular weight excluding hydrogens is 290 g/mol. The van der Waals surface area contributed by atoms with Crippen LogP contribution in [0.4, 0.5) is 0 Å². The number of hydrogen-bond donors (Lipinski definition) is 0. The molecule has 1 aromatic rings. The van der Waals surface area contributed by atoms with Crippen LogP contribution in [-0.2, 0) is 28.9 Å². The van der Waals surface area contributed by atoms with Gasteiger partial charge >= 0.3 is 0 Å². The number of carbonyl (C=O) groups is 1. The fourth-order valence-electron chi connectivity index (χ4n) is 2.65. The highest BCUT2D eigenvalue weighted by atomic mass is 35.5. The van der Waals surface area contributed by atoms with E-state index in [4.69, 9.17) is 16.3 Å². The third kappa shape index (κ3) is 3.65. The van der Waals surface area contributed by atoms with Gasteiger partial charge in [-0.3, -0.25) is 14.4 Å². The highest BCUT2D eigenvalue weighted by Gasteiger charge is 2.28. The van der Waals surface area contributed by atoms with E-state index in [-0.39, 0.29) is 11.9 Å². The molecule has 1 aliphatic heterocycles. The molecule has 0 aromatic carbocycles. The summed E-state index contributed by atoms with van der Waals surface area (Å²) in [5, 5.41) is 5.09. The Bertz CT molecular complexity index is 501. The first-order valence-corrected chi connectivity index (χ1v) is 8.09. The lowest BCUT2D eigenvalue weighted by Gasteiger charge is -2.31. The molecule has 0 spiro atoms. The predicted octanol–water partition coefficient (Wildman–Crippen LogP) is 1.95. The molecule has 6 heteroatoms. The standard InChI is InChI=1S/C15H24ClN3O2/c1-4-11-15(16)12(19(6-3)17-11)9-13(20)14-10-18(5-2)7-8-21-14/h14H,4-10H2,1-3H3. The van der Waals surface area contributed by atoms with Gasteiger partial charge in [0, 0.05) is 19.6 Å². The Balaban J connectivity index is 2.10. The van der Waals surface area contributed by atoms with Crippen molar-refractivity contribution in [3.63, 3.8) is 0 Å². The quantitative estimate of drug-likeness (QED) is 0.805. The van der Waals surface area contributed by atoms with Crippen molar-refractivity contribution in [2.24, 2.45) is 0 Å². The Hall–Kier alpha value is -0.910. The summed E-state index contributed by atoms with van der Waals surface area (Å²) in [4.78, 5) is 14.7. The van der Waals surface area contributed by atoms with Gasteiger partial charge in [-0.2, -0.15) is 5.10 Å². The maximum absolute atomic E-state index is 12.5. The largest absolute Gasteiger partial charge is 0.368 e. The molecule has 1 saturated heterocycles. The van der Waals surface area contributed by atoms with Gasteiger partial charge < -0.3 is 4.74 Å². The fourth-order valence-corrected chi connectivity index (χ4v) is 2.99. The van der Waals surface area contributed by atoms with Crippen molar-refractivity contribution >= 4 is 17.4 Å². The van der Waals surface area contributed by atoms with Crippen molar-refractivity contribution in [2.45, 2.75) is 46.3 Å². The third-order valence-corrected chi connectivity index (χ3v) is 4.43. The van der Waals surface area contributed by atoms with Gasteiger partial charge in [-0.15, -0.1) is 0 Å². The van der Waals surface area contributed by atoms with Gasteiger partial charge in [0.15, 0.2) is 5.78 Å². The molecule has 1 fully saturated rings. The molecule has 0 bridgehead atoms. The minimum atomic E-state index is -0.347. The van der Waals surface area contributed by atoms with Gasteiger partial charge in [-0.05, 0) is 19.9 Å². The van der Waals surface area contributed by atoms with Crippen LogP contribution in [0.1, 0.15) is 32.2 Å². The monoisotopic (exact) mass is 313 g/mol. The van der Waals surface area contributed by atoms with Gasteiger partial charge in [0.25, 0.3) is 0 Å². The highest BCUT2D eigenvalue weighted by Crippen LogP contribution is 2.23. The van der Waals surface area contributed by atoms with Gasteiger partial charge in [0.1, 0.15) is 6.10 Å². The fraction of sp³-hybridized carbons (Fsp3) is 0.733. The van der Waals surface area contributed by atoms with E-state index in [2.05, 4.69) is 16.9 Å². The molecule has 1 atom stereocenters. The first kappa shape index (κ1) is 16.5. The molecule has 21 heavy (non-hydrogen) atoms. The zero-order chi connectivity index (χ0) is 15.4. The van der Waals surface area contributed by atoms with Crippen molar-refractivity contribution in [2.75, 3.05) is 26.2 Å². The summed E-state index contributed by atoms with van der Waals surface area (Å²) in [5.74, 6) is 0.0901. The van der Waals surface area contributed by atoms with E-state index >= 15 is 0 Å². The summed E-state index contributed by atoms with van der Waals surface area (Å²) in [7, 11) is 0. The summed E-state index contributed by atoms with van der Waals surface area (Å²) in [6.45, 7) is 9.97. The van der Waals surface area contributed by atoms with Crippen molar-refractivity contribution in [1.82, 2.24) is 14.7 Å². The van der Waals surface area contributed by atoms with E-state index in [1.54, 1.807) is 0 Å². The topological polar surface area (TPSA) is 47.4 Å². The SMILES string of the molecule is CCc1nn(CC)c(CC(=O)C2CN(CC)CCO2)c1Cl. The van der Waals surface area contributed by atoms with Crippen molar-refractivity contribution in [1.29, 1.82) is 0 Å². The number of likely N-dealkylation sites (N-methyl/N-ethyl adjacent to an activating group) is 1. The normalized spacial score (nSPS) is 19.9. The van der Waals surface area contributed by atoms with Crippen molar-refractivity contribution < 1.29 is 9.53 Å². The summed E-state index contributed by atoms with van der Waals surface area (Å²) in [6, 6.07) is 0. The average Bonchev–Trinajstić information content (AvgIpc) is 2.83. The second-order valence-electron chi connectivity index (χ2n) is 5.27. The smallest absolute Gasteiger partial charge is 0.168 e. The second-order valence-corrected chi connectivity index (χ2v) is 5.65. The molecule has 1 unspecified atom stereocenters. The van der Waals surface area contributed by atoms with Crippen LogP contribution in [0.25, 0.3) is 0 Å². The number of nitrogens with zero attached hydrogens (tertiary/aromatic N) is 3. The van der Waals surface area contributed by atoms with Gasteiger partial charge in [0.2, 0.25) is 0 Å². The van der Waals surface area contributed by atoms with Crippen molar-refractivity contribution in [3.05, 3.63) is 16.4 Å². The lowest BCUT2D eigenvalue weighted by Crippen LogP contribution is -2.46. The van der Waals surface area contributed by atoms with E-state index in [9.17, 15) is 4.79 Å². The van der Waals surface area contributed by atoms with Gasteiger partial charge in [-0.1, -0.05) is 25.4 Å². The number of rotatable bonds is 6. The summed E-state index contributed by atoms with van der Waals surface area (Å²) < 4.78 is 7.46. The molecule has 0 N–H and O–H groups in total. The Morgan fingerprint density at radius 1 is 1.38 bits per heavy atom. The maximum Gasteiger partial charge on any atom is 0.168 e. The average molecular weight is 314 g/mol.